The van der Waals surface area contributed by atoms with E-state index in [-0.39, 0.29) is 24.1 Å². The number of aryl methyl sites for hydroxylation is 1. The van der Waals surface area contributed by atoms with Crippen LogP contribution in [0.3, 0.4) is 0 Å². The molecule has 1 aromatic heterocycles. The van der Waals surface area contributed by atoms with E-state index in [2.05, 4.69) is 15.4 Å². The Bertz CT molecular complexity index is 626. The number of aromatic nitrogens is 3. The second-order valence-electron chi connectivity index (χ2n) is 4.51. The SMILES string of the molecule is Cn1cnc(NCc2cc(C(F)(F)F)cc(C(F)(F)F)c2)n1. The van der Waals surface area contributed by atoms with Crippen LogP contribution in [0.2, 0.25) is 0 Å². The third-order valence-electron chi connectivity index (χ3n) is 2.70. The molecule has 0 bridgehead atoms. The number of nitrogens with zero attached hydrogens (tertiary/aromatic N) is 3. The minimum Gasteiger partial charge on any atom is -0.349 e. The Morgan fingerprint density at radius 2 is 1.55 bits per heavy atom. The van der Waals surface area contributed by atoms with Crippen molar-refractivity contribution in [2.45, 2.75) is 18.9 Å². The zero-order chi connectivity index (χ0) is 16.5. The summed E-state index contributed by atoms with van der Waals surface area (Å²) in [6.45, 7) is -0.267. The molecule has 22 heavy (non-hydrogen) atoms. The minimum atomic E-state index is -4.86. The second kappa shape index (κ2) is 5.50. The van der Waals surface area contributed by atoms with Gasteiger partial charge in [-0.25, -0.2) is 4.98 Å². The van der Waals surface area contributed by atoms with Crippen molar-refractivity contribution in [3.05, 3.63) is 41.2 Å². The summed E-state index contributed by atoms with van der Waals surface area (Å²) >= 11 is 0. The van der Waals surface area contributed by atoms with E-state index in [1.54, 1.807) is 7.05 Å². The summed E-state index contributed by atoms with van der Waals surface area (Å²) in [7, 11) is 1.57. The van der Waals surface area contributed by atoms with Crippen molar-refractivity contribution in [3.8, 4) is 0 Å². The Morgan fingerprint density at radius 1 is 1.00 bits per heavy atom. The number of benzene rings is 1. The molecule has 0 aliphatic carbocycles. The monoisotopic (exact) mass is 324 g/mol. The molecule has 0 aliphatic heterocycles. The van der Waals surface area contributed by atoms with E-state index in [4.69, 9.17) is 0 Å². The molecule has 0 radical (unpaired) electrons. The molecule has 1 heterocycles. The second-order valence-corrected chi connectivity index (χ2v) is 4.51. The van der Waals surface area contributed by atoms with Gasteiger partial charge in [0.05, 0.1) is 11.1 Å². The van der Waals surface area contributed by atoms with Crippen LogP contribution >= 0.6 is 0 Å². The van der Waals surface area contributed by atoms with Gasteiger partial charge in [0.2, 0.25) is 5.95 Å². The van der Waals surface area contributed by atoms with Crippen molar-refractivity contribution in [3.63, 3.8) is 0 Å². The van der Waals surface area contributed by atoms with Crippen LogP contribution in [0.4, 0.5) is 32.3 Å². The number of hydrogen-bond acceptors (Lipinski definition) is 3. The molecule has 4 nitrogen and oxygen atoms in total. The topological polar surface area (TPSA) is 42.7 Å². The van der Waals surface area contributed by atoms with Crippen molar-refractivity contribution in [2.24, 2.45) is 7.05 Å². The highest BCUT2D eigenvalue weighted by Crippen LogP contribution is 2.36. The molecule has 2 rings (SSSR count). The number of nitrogens with one attached hydrogen (secondary N) is 1. The molecule has 1 aromatic carbocycles. The Morgan fingerprint density at radius 3 is 1.95 bits per heavy atom. The summed E-state index contributed by atoms with van der Waals surface area (Å²) in [6.07, 6.45) is -8.38. The van der Waals surface area contributed by atoms with Crippen LogP contribution in [-0.4, -0.2) is 14.8 Å². The van der Waals surface area contributed by atoms with Crippen LogP contribution in [0, 0.1) is 0 Å². The van der Waals surface area contributed by atoms with Crippen molar-refractivity contribution < 1.29 is 26.3 Å². The fourth-order valence-corrected chi connectivity index (χ4v) is 1.72. The fraction of sp³-hybridized carbons (Fsp3) is 0.333. The van der Waals surface area contributed by atoms with Crippen LogP contribution in [0.15, 0.2) is 24.5 Å². The molecule has 0 spiro atoms. The average Bonchev–Trinajstić information content (AvgIpc) is 2.80. The van der Waals surface area contributed by atoms with Crippen molar-refractivity contribution in [2.75, 3.05) is 5.32 Å². The maximum Gasteiger partial charge on any atom is 0.416 e. The lowest BCUT2D eigenvalue weighted by molar-refractivity contribution is -0.143. The first-order valence-electron chi connectivity index (χ1n) is 5.93. The number of hydrogen-bond donors (Lipinski definition) is 1. The minimum absolute atomic E-state index is 0.0858. The average molecular weight is 324 g/mol. The first-order chi connectivity index (χ1) is 10.1. The molecule has 0 saturated heterocycles. The third-order valence-corrected chi connectivity index (χ3v) is 2.70. The predicted octanol–water partition coefficient (Wildman–Crippen LogP) is 3.46. The molecular formula is C12H10F6N4. The number of halogens is 6. The van der Waals surface area contributed by atoms with E-state index in [0.717, 1.165) is 0 Å². The van der Waals surface area contributed by atoms with Gasteiger partial charge in [-0.15, -0.1) is 5.10 Å². The summed E-state index contributed by atoms with van der Waals surface area (Å²) in [6, 6.07) is 1.40. The van der Waals surface area contributed by atoms with Crippen LogP contribution < -0.4 is 5.32 Å². The number of anilines is 1. The highest BCUT2D eigenvalue weighted by Gasteiger charge is 2.36. The summed E-state index contributed by atoms with van der Waals surface area (Å²) in [5.74, 6) is 0.105. The zero-order valence-electron chi connectivity index (χ0n) is 11.1. The largest absolute Gasteiger partial charge is 0.416 e. The fourth-order valence-electron chi connectivity index (χ4n) is 1.72. The quantitative estimate of drug-likeness (QED) is 0.879. The Balaban J connectivity index is 2.29. The Hall–Kier alpha value is -2.26. The van der Waals surface area contributed by atoms with Crippen molar-refractivity contribution in [1.29, 1.82) is 0 Å². The predicted molar refractivity (Wildman–Crippen MR) is 64.8 cm³/mol. The molecule has 10 heteroatoms. The molecular weight excluding hydrogens is 314 g/mol. The van der Waals surface area contributed by atoms with Gasteiger partial charge in [0, 0.05) is 13.6 Å². The first kappa shape index (κ1) is 16.1. The standard InChI is InChI=1S/C12H10F6N4/c1-22-6-20-10(21-22)19-5-7-2-8(11(13,14)15)4-9(3-7)12(16,17)18/h2-4,6H,5H2,1H3,(H,19,21). The Kier molecular flexibility index (Phi) is 4.03. The van der Waals surface area contributed by atoms with E-state index < -0.39 is 23.5 Å². The molecule has 120 valence electrons. The molecule has 0 aliphatic rings. The van der Waals surface area contributed by atoms with Gasteiger partial charge < -0.3 is 5.32 Å². The summed E-state index contributed by atoms with van der Waals surface area (Å²) in [5, 5.41) is 6.38. The molecule has 0 fully saturated rings. The van der Waals surface area contributed by atoms with Gasteiger partial charge in [0.1, 0.15) is 6.33 Å². The highest BCUT2D eigenvalue weighted by molar-refractivity contribution is 5.35. The summed E-state index contributed by atoms with van der Waals surface area (Å²) < 4.78 is 77.5. The molecule has 2 aromatic rings. The lowest BCUT2D eigenvalue weighted by Crippen LogP contribution is -2.13. The summed E-state index contributed by atoms with van der Waals surface area (Å²) in [5.41, 5.74) is -2.88. The molecule has 0 unspecified atom stereocenters. The first-order valence-corrected chi connectivity index (χ1v) is 5.93. The Labute approximate surface area is 120 Å². The van der Waals surface area contributed by atoms with E-state index >= 15 is 0 Å². The van der Waals surface area contributed by atoms with Gasteiger partial charge in [0.15, 0.2) is 0 Å². The van der Waals surface area contributed by atoms with Gasteiger partial charge in [0.25, 0.3) is 0 Å². The third kappa shape index (κ3) is 3.89. The molecule has 0 saturated carbocycles. The van der Waals surface area contributed by atoms with E-state index in [1.165, 1.54) is 11.0 Å². The highest BCUT2D eigenvalue weighted by atomic mass is 19.4. The molecule has 0 atom stereocenters. The van der Waals surface area contributed by atoms with Crippen LogP contribution in [0.25, 0.3) is 0 Å². The van der Waals surface area contributed by atoms with E-state index in [1.807, 2.05) is 0 Å². The zero-order valence-corrected chi connectivity index (χ0v) is 11.1. The van der Waals surface area contributed by atoms with Gasteiger partial charge in [-0.3, -0.25) is 4.68 Å². The normalized spacial score (nSPS) is 12.5. The van der Waals surface area contributed by atoms with Crippen molar-refractivity contribution >= 4 is 5.95 Å². The van der Waals surface area contributed by atoms with Gasteiger partial charge in [-0.1, -0.05) is 0 Å². The van der Waals surface area contributed by atoms with Crippen molar-refractivity contribution in [1.82, 2.24) is 14.8 Å². The van der Waals surface area contributed by atoms with Crippen LogP contribution in [0.5, 0.6) is 0 Å². The van der Waals surface area contributed by atoms with Crippen LogP contribution in [0.1, 0.15) is 16.7 Å². The molecule has 1 N–H and O–H groups in total. The maximum atomic E-state index is 12.7. The lowest BCUT2D eigenvalue weighted by atomic mass is 10.0. The maximum absolute atomic E-state index is 12.7. The number of rotatable bonds is 3. The summed E-state index contributed by atoms with van der Waals surface area (Å²) in [4.78, 5) is 3.77. The van der Waals surface area contributed by atoms with Gasteiger partial charge >= 0.3 is 12.4 Å². The van der Waals surface area contributed by atoms with E-state index in [9.17, 15) is 26.3 Å². The van der Waals surface area contributed by atoms with Gasteiger partial charge in [-0.2, -0.15) is 26.3 Å². The lowest BCUT2D eigenvalue weighted by Gasteiger charge is -2.14. The molecule has 0 amide bonds. The van der Waals surface area contributed by atoms with Crippen LogP contribution in [-0.2, 0) is 25.9 Å². The smallest absolute Gasteiger partial charge is 0.349 e. The number of alkyl halides is 6. The van der Waals surface area contributed by atoms with E-state index in [0.29, 0.717) is 12.1 Å². The van der Waals surface area contributed by atoms with Gasteiger partial charge in [-0.05, 0) is 23.8 Å².